The number of rotatable bonds is 5. The van der Waals surface area contributed by atoms with Gasteiger partial charge >= 0.3 is 5.97 Å². The standard InChI is InChI=1S/C25H24Cl3NO5S.ClH/c1-15-11-19(16-5-3-6-17(12-16)35(2,32)33)20(26)13-18(15)22-23(30)25(34-24(22)31)8-4-9-29(14-25)10-7-21(27)28;/h3,5-7,11-13,30H,4,8-10,14H2,1-2H3;1H. The van der Waals surface area contributed by atoms with Crippen LogP contribution in [0.25, 0.3) is 16.7 Å². The highest BCUT2D eigenvalue weighted by Crippen LogP contribution is 2.44. The zero-order chi connectivity index (χ0) is 25.5. The van der Waals surface area contributed by atoms with Gasteiger partial charge in [0.05, 0.1) is 4.90 Å². The number of halogens is 4. The van der Waals surface area contributed by atoms with Crippen LogP contribution in [-0.2, 0) is 19.4 Å². The number of nitrogens with zero attached hydrogens (tertiary/aromatic N) is 1. The van der Waals surface area contributed by atoms with E-state index >= 15 is 0 Å². The molecule has 2 aromatic rings. The lowest BCUT2D eigenvalue weighted by molar-refractivity contribution is -0.151. The SMILES string of the molecule is Cc1cc(-c2cccc(S(C)(=O)=O)c2)c(Cl)cc1C1=C(O)C2(CCCN(CC=C(Cl)Cl)C2)OC1=O.Cl. The monoisotopic (exact) mass is 591 g/mol. The predicted molar refractivity (Wildman–Crippen MR) is 146 cm³/mol. The second-order valence-corrected chi connectivity index (χ2v) is 12.3. The Balaban J connectivity index is 0.00000361. The molecule has 0 amide bonds. The van der Waals surface area contributed by atoms with Crippen molar-refractivity contribution < 1.29 is 23.1 Å². The number of aliphatic hydroxyl groups excluding tert-OH is 1. The number of likely N-dealkylation sites (tertiary alicyclic amines) is 1. The van der Waals surface area contributed by atoms with E-state index in [9.17, 15) is 18.3 Å². The fourth-order valence-corrected chi connectivity index (χ4v) is 5.72. The number of esters is 1. The smallest absolute Gasteiger partial charge is 0.343 e. The average molecular weight is 593 g/mol. The van der Waals surface area contributed by atoms with Crippen LogP contribution in [-0.4, -0.2) is 55.9 Å². The van der Waals surface area contributed by atoms with Crippen molar-refractivity contribution in [3.8, 4) is 11.1 Å². The topological polar surface area (TPSA) is 83.9 Å². The number of carbonyl (C=O) groups is 1. The summed E-state index contributed by atoms with van der Waals surface area (Å²) in [5.74, 6) is -0.722. The molecule has 0 radical (unpaired) electrons. The highest BCUT2D eigenvalue weighted by atomic mass is 35.5. The van der Waals surface area contributed by atoms with Crippen molar-refractivity contribution in [2.45, 2.75) is 30.3 Å². The number of benzene rings is 2. The summed E-state index contributed by atoms with van der Waals surface area (Å²) in [4.78, 5) is 15.2. The zero-order valence-electron chi connectivity index (χ0n) is 19.6. The number of hydrogen-bond acceptors (Lipinski definition) is 6. The fourth-order valence-electron chi connectivity index (χ4n) is 4.64. The first-order chi connectivity index (χ1) is 16.4. The van der Waals surface area contributed by atoms with Gasteiger partial charge in [0.2, 0.25) is 0 Å². The molecule has 1 atom stereocenters. The van der Waals surface area contributed by atoms with E-state index in [2.05, 4.69) is 0 Å². The molecule has 2 heterocycles. The quantitative estimate of drug-likeness (QED) is 0.421. The molecule has 2 aromatic carbocycles. The number of aryl methyl sites for hydroxylation is 1. The van der Waals surface area contributed by atoms with Gasteiger partial charge in [0.1, 0.15) is 10.1 Å². The van der Waals surface area contributed by atoms with Gasteiger partial charge in [-0.15, -0.1) is 12.4 Å². The van der Waals surface area contributed by atoms with Crippen molar-refractivity contribution in [2.24, 2.45) is 0 Å². The van der Waals surface area contributed by atoms with E-state index in [0.29, 0.717) is 53.2 Å². The normalized spacial score (nSPS) is 20.3. The lowest BCUT2D eigenvalue weighted by Gasteiger charge is -2.38. The molecule has 11 heteroatoms. The van der Waals surface area contributed by atoms with Crippen LogP contribution in [0.4, 0.5) is 0 Å². The molecule has 194 valence electrons. The van der Waals surface area contributed by atoms with Gasteiger partial charge in [-0.3, -0.25) is 4.90 Å². The summed E-state index contributed by atoms with van der Waals surface area (Å²) in [6.07, 6.45) is 4.01. The maximum atomic E-state index is 13.0. The van der Waals surface area contributed by atoms with Gasteiger partial charge in [-0.1, -0.05) is 46.9 Å². The van der Waals surface area contributed by atoms with Gasteiger partial charge < -0.3 is 9.84 Å². The van der Waals surface area contributed by atoms with E-state index in [-0.39, 0.29) is 33.1 Å². The van der Waals surface area contributed by atoms with Crippen molar-refractivity contribution in [1.29, 1.82) is 0 Å². The molecule has 0 saturated carbocycles. The van der Waals surface area contributed by atoms with Gasteiger partial charge in [0.15, 0.2) is 21.2 Å². The summed E-state index contributed by atoms with van der Waals surface area (Å²) in [5, 5.41) is 11.6. The summed E-state index contributed by atoms with van der Waals surface area (Å²) in [6, 6.07) is 9.89. The molecule has 6 nitrogen and oxygen atoms in total. The van der Waals surface area contributed by atoms with Crippen LogP contribution < -0.4 is 0 Å². The first-order valence-electron chi connectivity index (χ1n) is 10.9. The minimum atomic E-state index is -3.39. The number of sulfone groups is 1. The maximum Gasteiger partial charge on any atom is 0.343 e. The van der Waals surface area contributed by atoms with Gasteiger partial charge in [-0.2, -0.15) is 0 Å². The molecule has 36 heavy (non-hydrogen) atoms. The van der Waals surface area contributed by atoms with Crippen LogP contribution in [0.1, 0.15) is 24.0 Å². The van der Waals surface area contributed by atoms with Crippen molar-refractivity contribution in [2.75, 3.05) is 25.9 Å². The Morgan fingerprint density at radius 2 is 1.94 bits per heavy atom. The average Bonchev–Trinajstić information content (AvgIpc) is 3.02. The Bertz CT molecular complexity index is 1370. The lowest BCUT2D eigenvalue weighted by atomic mass is 9.87. The number of hydrogen-bond donors (Lipinski definition) is 1. The molecule has 1 unspecified atom stereocenters. The third kappa shape index (κ3) is 5.72. The van der Waals surface area contributed by atoms with Crippen molar-refractivity contribution in [3.63, 3.8) is 0 Å². The molecule has 0 bridgehead atoms. The Kier molecular flexibility index (Phi) is 8.76. The zero-order valence-corrected chi connectivity index (χ0v) is 23.5. The molecule has 1 spiro atoms. The van der Waals surface area contributed by atoms with Crippen molar-refractivity contribution in [1.82, 2.24) is 4.90 Å². The molecule has 0 aromatic heterocycles. The first kappa shape index (κ1) is 28.8. The van der Waals surface area contributed by atoms with Gasteiger partial charge in [-0.05, 0) is 73.3 Å². The van der Waals surface area contributed by atoms with Gasteiger partial charge in [0, 0.05) is 29.9 Å². The Morgan fingerprint density at radius 3 is 2.61 bits per heavy atom. The van der Waals surface area contributed by atoms with E-state index < -0.39 is 21.4 Å². The minimum Gasteiger partial charge on any atom is -0.507 e. The van der Waals surface area contributed by atoms with Crippen LogP contribution in [0.15, 0.2) is 57.6 Å². The van der Waals surface area contributed by atoms with E-state index in [0.717, 1.165) is 12.8 Å². The minimum absolute atomic E-state index is 0. The van der Waals surface area contributed by atoms with E-state index in [1.54, 1.807) is 43.3 Å². The van der Waals surface area contributed by atoms with Crippen molar-refractivity contribution in [3.05, 3.63) is 68.9 Å². The Morgan fingerprint density at radius 1 is 1.22 bits per heavy atom. The van der Waals surface area contributed by atoms with Crippen molar-refractivity contribution >= 4 is 68.6 Å². The summed E-state index contributed by atoms with van der Waals surface area (Å²) in [7, 11) is -3.39. The highest BCUT2D eigenvalue weighted by Gasteiger charge is 2.51. The lowest BCUT2D eigenvalue weighted by Crippen LogP contribution is -2.49. The number of ether oxygens (including phenoxy) is 1. The number of aliphatic hydroxyl groups is 1. The summed E-state index contributed by atoms with van der Waals surface area (Å²) in [5.41, 5.74) is 1.36. The van der Waals surface area contributed by atoms with Crippen LogP contribution >= 0.6 is 47.2 Å². The molecule has 4 rings (SSSR count). The molecule has 2 aliphatic rings. The van der Waals surface area contributed by atoms with Crippen LogP contribution in [0.2, 0.25) is 5.02 Å². The molecule has 1 fully saturated rings. The Hall–Kier alpha value is -1.74. The molecule has 1 saturated heterocycles. The van der Waals surface area contributed by atoms with Crippen LogP contribution in [0, 0.1) is 6.92 Å². The van der Waals surface area contributed by atoms with E-state index in [1.807, 2.05) is 4.90 Å². The number of piperidine rings is 1. The summed E-state index contributed by atoms with van der Waals surface area (Å²) >= 11 is 18.1. The Labute approximate surface area is 231 Å². The molecule has 1 N–H and O–H groups in total. The summed E-state index contributed by atoms with van der Waals surface area (Å²) < 4.78 is 29.9. The maximum absolute atomic E-state index is 13.0. The largest absolute Gasteiger partial charge is 0.507 e. The van der Waals surface area contributed by atoms with Crippen LogP contribution in [0.5, 0.6) is 0 Å². The molecule has 0 aliphatic carbocycles. The van der Waals surface area contributed by atoms with E-state index in [1.165, 1.54) is 6.07 Å². The second kappa shape index (κ2) is 10.9. The molecular formula is C25H25Cl4NO5S. The fraction of sp³-hybridized carbons (Fsp3) is 0.320. The third-order valence-electron chi connectivity index (χ3n) is 6.35. The second-order valence-electron chi connectivity index (χ2n) is 8.89. The molecular weight excluding hydrogens is 568 g/mol. The van der Waals surface area contributed by atoms with Gasteiger partial charge in [-0.25, -0.2) is 13.2 Å². The first-order valence-corrected chi connectivity index (χ1v) is 14.0. The predicted octanol–water partition coefficient (Wildman–Crippen LogP) is 6.12. The van der Waals surface area contributed by atoms with E-state index in [4.69, 9.17) is 39.5 Å². The number of carbonyl (C=O) groups excluding carboxylic acids is 1. The summed E-state index contributed by atoms with van der Waals surface area (Å²) in [6.45, 7) is 3.34. The molecule has 2 aliphatic heterocycles. The highest BCUT2D eigenvalue weighted by molar-refractivity contribution is 7.90. The van der Waals surface area contributed by atoms with Crippen LogP contribution in [0.3, 0.4) is 0 Å². The van der Waals surface area contributed by atoms with Gasteiger partial charge in [0.25, 0.3) is 0 Å². The third-order valence-corrected chi connectivity index (χ3v) is 8.09.